The van der Waals surface area contributed by atoms with Gasteiger partial charge in [-0.1, -0.05) is 0 Å². The molecule has 1 aromatic rings. The number of likely N-dealkylation sites (N-methyl/N-ethyl adjacent to an activating group) is 1. The molecule has 1 saturated carbocycles. The molecule has 0 spiro atoms. The zero-order chi connectivity index (χ0) is 27.0. The Morgan fingerprint density at radius 2 is 1.95 bits per heavy atom. The second-order valence-electron chi connectivity index (χ2n) is 10.5. The fourth-order valence-electron chi connectivity index (χ4n) is 6.77. The number of aromatic hydroxyl groups is 1. The van der Waals surface area contributed by atoms with Gasteiger partial charge in [-0.3, -0.25) is 19.3 Å². The van der Waals surface area contributed by atoms with Crippen LogP contribution in [0.2, 0.25) is 0 Å². The van der Waals surface area contributed by atoms with E-state index in [2.05, 4.69) is 5.32 Å². The van der Waals surface area contributed by atoms with Gasteiger partial charge in [0.1, 0.15) is 28.6 Å². The number of primary amides is 1. The minimum absolute atomic E-state index is 0.0230. The van der Waals surface area contributed by atoms with Gasteiger partial charge in [0.05, 0.1) is 18.7 Å². The number of amides is 1. The van der Waals surface area contributed by atoms with Crippen LogP contribution >= 0.6 is 0 Å². The molecule has 4 aliphatic rings. The van der Waals surface area contributed by atoms with E-state index in [-0.39, 0.29) is 35.8 Å². The molecule has 2 fully saturated rings. The number of rotatable bonds is 4. The van der Waals surface area contributed by atoms with E-state index in [1.807, 2.05) is 0 Å². The Kier molecular flexibility index (Phi) is 5.85. The Morgan fingerprint density at radius 3 is 2.51 bits per heavy atom. The molecule has 198 valence electrons. The predicted octanol–water partition coefficient (Wildman–Crippen LogP) is 0.397. The molecule has 3 aliphatic carbocycles. The molecule has 1 amide bonds. The number of nitrogens with one attached hydrogen (secondary N) is 1. The summed E-state index contributed by atoms with van der Waals surface area (Å²) in [7, 11) is 4.63. The number of hydrogen-bond acceptors (Lipinski definition) is 10. The molecule has 1 aliphatic heterocycles. The summed E-state index contributed by atoms with van der Waals surface area (Å²) in [6, 6.07) is 0.342. The van der Waals surface area contributed by atoms with Gasteiger partial charge in [0.25, 0.3) is 5.91 Å². The number of aliphatic hydroxyl groups is 3. The van der Waals surface area contributed by atoms with Crippen molar-refractivity contribution in [1.82, 2.24) is 10.2 Å². The maximum Gasteiger partial charge on any atom is 0.255 e. The lowest BCUT2D eigenvalue weighted by Crippen LogP contribution is -2.65. The minimum atomic E-state index is -2.65. The molecule has 5 rings (SSSR count). The quantitative estimate of drug-likeness (QED) is 0.308. The number of hydrogen-bond donors (Lipinski definition) is 6. The topological polar surface area (TPSA) is 183 Å². The number of Topliss-reactive ketones (excluding diaryl/α,β-unsaturated/α-hetero) is 2. The van der Waals surface area contributed by atoms with E-state index in [0.717, 1.165) is 24.9 Å². The number of nitrogens with two attached hydrogens (primary N) is 1. The monoisotopic (exact) mass is 513 g/mol. The van der Waals surface area contributed by atoms with Crippen molar-refractivity contribution in [2.75, 3.05) is 27.7 Å². The molecule has 0 bridgehead atoms. The smallest absolute Gasteiger partial charge is 0.255 e. The summed E-state index contributed by atoms with van der Waals surface area (Å²) >= 11 is 0. The summed E-state index contributed by atoms with van der Waals surface area (Å²) < 4.78 is 5.75. The molecule has 37 heavy (non-hydrogen) atoms. The molecular weight excluding hydrogens is 482 g/mol. The van der Waals surface area contributed by atoms with Crippen molar-refractivity contribution < 1.29 is 39.5 Å². The highest BCUT2D eigenvalue weighted by molar-refractivity contribution is 6.24. The first-order valence-corrected chi connectivity index (χ1v) is 12.3. The lowest BCUT2D eigenvalue weighted by Gasteiger charge is -2.50. The average Bonchev–Trinajstić information content (AvgIpc) is 3.35. The van der Waals surface area contributed by atoms with E-state index in [0.29, 0.717) is 11.3 Å². The van der Waals surface area contributed by atoms with Gasteiger partial charge in [-0.05, 0) is 58.3 Å². The maximum absolute atomic E-state index is 13.9. The Morgan fingerprint density at radius 1 is 1.24 bits per heavy atom. The van der Waals surface area contributed by atoms with Crippen molar-refractivity contribution in [2.24, 2.45) is 17.6 Å². The van der Waals surface area contributed by atoms with Crippen LogP contribution in [0.3, 0.4) is 0 Å². The molecule has 11 heteroatoms. The summed E-state index contributed by atoms with van der Waals surface area (Å²) in [5.74, 6) is -6.23. The van der Waals surface area contributed by atoms with Gasteiger partial charge in [0.15, 0.2) is 11.4 Å². The second-order valence-corrected chi connectivity index (χ2v) is 10.5. The number of carbonyl (C=O) groups is 3. The van der Waals surface area contributed by atoms with E-state index < -0.39 is 58.0 Å². The van der Waals surface area contributed by atoms with Crippen LogP contribution < -0.4 is 15.8 Å². The molecule has 0 aromatic heterocycles. The van der Waals surface area contributed by atoms with Gasteiger partial charge in [-0.15, -0.1) is 0 Å². The van der Waals surface area contributed by atoms with Crippen LogP contribution in [0.15, 0.2) is 23.0 Å². The summed E-state index contributed by atoms with van der Waals surface area (Å²) in [5, 5.41) is 48.2. The molecule has 1 saturated heterocycles. The second kappa shape index (κ2) is 8.57. The lowest BCUT2D eigenvalue weighted by atomic mass is 9.57. The van der Waals surface area contributed by atoms with Gasteiger partial charge < -0.3 is 36.2 Å². The van der Waals surface area contributed by atoms with Gasteiger partial charge >= 0.3 is 0 Å². The Hall–Kier alpha value is -3.41. The largest absolute Gasteiger partial charge is 0.508 e. The van der Waals surface area contributed by atoms with Gasteiger partial charge in [-0.2, -0.15) is 0 Å². The minimum Gasteiger partial charge on any atom is -0.508 e. The Balaban J connectivity index is 1.72. The zero-order valence-electron chi connectivity index (χ0n) is 20.9. The number of aliphatic hydroxyl groups excluding tert-OH is 2. The summed E-state index contributed by atoms with van der Waals surface area (Å²) in [4.78, 5) is 40.6. The maximum atomic E-state index is 13.9. The molecule has 5 atom stereocenters. The molecule has 11 nitrogen and oxygen atoms in total. The van der Waals surface area contributed by atoms with Crippen molar-refractivity contribution >= 4 is 23.2 Å². The zero-order valence-corrected chi connectivity index (χ0v) is 20.9. The van der Waals surface area contributed by atoms with Crippen LogP contribution in [0.5, 0.6) is 11.5 Å². The standard InChI is InChI=1S/C26H31N3O8/c1-29(2)19-13-8-10-7-12-17(15(30)9-11(22(12)37-3)14-5-4-6-28-14)20(31)16(10)23(33)26(13,36)24(34)18(21(19)32)25(27)35/h9-10,13-14,19,28,30-31,34,36H,4-8H2,1-3H3,(H2,27,35)/t10-,13-,14?,19-,26-/m0/s1. The third kappa shape index (κ3) is 3.34. The summed E-state index contributed by atoms with van der Waals surface area (Å²) in [6.07, 6.45) is 2.02. The van der Waals surface area contributed by atoms with E-state index in [1.54, 1.807) is 14.1 Å². The van der Waals surface area contributed by atoms with Gasteiger partial charge in [0, 0.05) is 28.7 Å². The number of nitrogens with zero attached hydrogens (tertiary/aromatic N) is 1. The van der Waals surface area contributed by atoms with Crippen molar-refractivity contribution in [3.05, 3.63) is 39.7 Å². The SMILES string of the molecule is COc1c(C2CCCN2)cc(O)c2c1C[C@H]1C[C@H]3[C@H](N(C)C)C(=O)C(C(N)=O)=C(O)[C@@]3(O)C(=O)C1=C2O. The van der Waals surface area contributed by atoms with Crippen LogP contribution in [0.4, 0.5) is 0 Å². The summed E-state index contributed by atoms with van der Waals surface area (Å²) in [6.45, 7) is 0.822. The van der Waals surface area contributed by atoms with Crippen LogP contribution in [-0.4, -0.2) is 82.2 Å². The molecule has 1 aromatic carbocycles. The van der Waals surface area contributed by atoms with Gasteiger partial charge in [-0.25, -0.2) is 0 Å². The highest BCUT2D eigenvalue weighted by Crippen LogP contribution is 2.54. The lowest BCUT2D eigenvalue weighted by molar-refractivity contribution is -0.153. The third-order valence-corrected chi connectivity index (χ3v) is 8.34. The van der Waals surface area contributed by atoms with Crippen molar-refractivity contribution in [2.45, 2.75) is 43.4 Å². The molecule has 1 heterocycles. The van der Waals surface area contributed by atoms with Crippen LogP contribution in [0.25, 0.3) is 5.76 Å². The average molecular weight is 514 g/mol. The van der Waals surface area contributed by atoms with Crippen LogP contribution in [-0.2, 0) is 20.8 Å². The van der Waals surface area contributed by atoms with Crippen LogP contribution in [0, 0.1) is 11.8 Å². The molecule has 7 N–H and O–H groups in total. The highest BCUT2D eigenvalue weighted by Gasteiger charge is 2.64. The number of ether oxygens (including phenoxy) is 1. The van der Waals surface area contributed by atoms with Crippen molar-refractivity contribution in [3.63, 3.8) is 0 Å². The number of methoxy groups -OCH3 is 1. The predicted molar refractivity (Wildman–Crippen MR) is 131 cm³/mol. The van der Waals surface area contributed by atoms with Gasteiger partial charge in [0.2, 0.25) is 5.78 Å². The van der Waals surface area contributed by atoms with E-state index in [1.165, 1.54) is 18.1 Å². The highest BCUT2D eigenvalue weighted by atomic mass is 16.5. The fraction of sp³-hybridized carbons (Fsp3) is 0.500. The van der Waals surface area contributed by atoms with Crippen LogP contribution in [0.1, 0.15) is 42.0 Å². The first kappa shape index (κ1) is 25.2. The first-order valence-electron chi connectivity index (χ1n) is 12.3. The number of phenolic OH excluding ortho intramolecular Hbond substituents is 1. The number of benzene rings is 1. The molecular formula is C26H31N3O8. The third-order valence-electron chi connectivity index (χ3n) is 8.34. The van der Waals surface area contributed by atoms with Crippen molar-refractivity contribution in [1.29, 1.82) is 0 Å². The van der Waals surface area contributed by atoms with E-state index in [4.69, 9.17) is 10.5 Å². The van der Waals surface area contributed by atoms with Crippen molar-refractivity contribution in [3.8, 4) is 11.5 Å². The number of ketones is 2. The normalized spacial score (nSPS) is 31.4. The van der Waals surface area contributed by atoms with E-state index in [9.17, 15) is 34.8 Å². The fourth-order valence-corrected chi connectivity index (χ4v) is 6.77. The van der Waals surface area contributed by atoms with E-state index >= 15 is 0 Å². The Bertz CT molecular complexity index is 1290. The summed E-state index contributed by atoms with van der Waals surface area (Å²) in [5.41, 5.74) is 2.97. The number of phenols is 1. The number of carbonyl (C=O) groups excluding carboxylic acids is 3. The number of fused-ring (bicyclic) bond motifs is 3. The Labute approximate surface area is 213 Å². The molecule has 0 radical (unpaired) electrons. The molecule has 1 unspecified atom stereocenters. The first-order chi connectivity index (χ1) is 17.4.